The molecule has 1 aromatic rings. The third-order valence-electron chi connectivity index (χ3n) is 5.04. The minimum atomic E-state index is -3.10. The van der Waals surface area contributed by atoms with E-state index in [0.717, 1.165) is 25.7 Å². The Kier molecular flexibility index (Phi) is 8.48. The Labute approximate surface area is 168 Å². The van der Waals surface area contributed by atoms with E-state index in [1.807, 2.05) is 0 Å². The molecule has 1 aliphatic heterocycles. The molecule has 1 aliphatic rings. The molecule has 0 radical (unpaired) electrons. The second-order valence-electron chi connectivity index (χ2n) is 7.71. The van der Waals surface area contributed by atoms with Crippen molar-refractivity contribution >= 4 is 21.7 Å². The Morgan fingerprint density at radius 2 is 1.86 bits per heavy atom. The lowest BCUT2D eigenvalue weighted by Crippen LogP contribution is -2.45. The maximum absolute atomic E-state index is 12.8. The summed E-state index contributed by atoms with van der Waals surface area (Å²) in [6.07, 6.45) is 7.28. The number of unbranched alkanes of at least 4 members (excludes halogenated alkanes) is 3. The molecule has 1 saturated heterocycles. The highest BCUT2D eigenvalue weighted by molar-refractivity contribution is 7.89. The number of likely N-dealkylation sites (tertiary alicyclic amines) is 1. The number of rotatable bonds is 9. The van der Waals surface area contributed by atoms with Gasteiger partial charge in [0.1, 0.15) is 0 Å². The van der Waals surface area contributed by atoms with Gasteiger partial charge >= 0.3 is 0 Å². The number of nitrogens with zero attached hydrogens (tertiary/aromatic N) is 1. The van der Waals surface area contributed by atoms with E-state index < -0.39 is 9.84 Å². The largest absolute Gasteiger partial charge is 0.356 e. The number of sulfone groups is 1. The van der Waals surface area contributed by atoms with E-state index in [4.69, 9.17) is 0 Å². The van der Waals surface area contributed by atoms with Crippen molar-refractivity contribution in [3.05, 3.63) is 35.4 Å². The van der Waals surface area contributed by atoms with Crippen LogP contribution in [0.15, 0.2) is 24.3 Å². The van der Waals surface area contributed by atoms with E-state index >= 15 is 0 Å². The van der Waals surface area contributed by atoms with Crippen LogP contribution >= 0.6 is 0 Å². The Morgan fingerprint density at radius 3 is 2.50 bits per heavy atom. The summed E-state index contributed by atoms with van der Waals surface area (Å²) in [7, 11) is -3.10. The maximum atomic E-state index is 12.8. The lowest BCUT2D eigenvalue weighted by molar-refractivity contribution is -0.126. The summed E-state index contributed by atoms with van der Waals surface area (Å²) < 4.78 is 22.8. The highest BCUT2D eigenvalue weighted by atomic mass is 32.2. The minimum Gasteiger partial charge on any atom is -0.356 e. The number of carbonyl (C=O) groups excluding carboxylic acids is 2. The van der Waals surface area contributed by atoms with Crippen molar-refractivity contribution in [3.63, 3.8) is 0 Å². The zero-order chi connectivity index (χ0) is 20.6. The Hall–Kier alpha value is -1.89. The first-order valence-corrected chi connectivity index (χ1v) is 12.2. The second-order valence-corrected chi connectivity index (χ2v) is 9.85. The highest BCUT2D eigenvalue weighted by Gasteiger charge is 2.28. The van der Waals surface area contributed by atoms with Gasteiger partial charge in [-0.1, -0.05) is 38.3 Å². The molecule has 2 amide bonds. The number of benzene rings is 1. The molecule has 1 atom stereocenters. The molecule has 1 fully saturated rings. The molecule has 0 saturated carbocycles. The van der Waals surface area contributed by atoms with Gasteiger partial charge in [-0.2, -0.15) is 0 Å². The van der Waals surface area contributed by atoms with Crippen LogP contribution in [0.1, 0.15) is 61.4 Å². The number of hydrogen-bond donors (Lipinski definition) is 1. The topological polar surface area (TPSA) is 83.6 Å². The van der Waals surface area contributed by atoms with Crippen molar-refractivity contribution in [2.75, 3.05) is 25.9 Å². The van der Waals surface area contributed by atoms with E-state index in [1.54, 1.807) is 29.2 Å². The summed E-state index contributed by atoms with van der Waals surface area (Å²) in [5.74, 6) is -0.261. The number of piperidine rings is 1. The summed E-state index contributed by atoms with van der Waals surface area (Å²) in [6, 6.07) is 6.69. The van der Waals surface area contributed by atoms with Crippen LogP contribution in [0.3, 0.4) is 0 Å². The SMILES string of the molecule is CCCCCCNC(=O)C1CCCN(C(=O)c2ccc(CS(C)(=O)=O)cc2)C1. The smallest absolute Gasteiger partial charge is 0.253 e. The summed E-state index contributed by atoms with van der Waals surface area (Å²) >= 11 is 0. The quantitative estimate of drug-likeness (QED) is 0.637. The molecule has 156 valence electrons. The minimum absolute atomic E-state index is 0.0360. The van der Waals surface area contributed by atoms with E-state index in [-0.39, 0.29) is 23.5 Å². The van der Waals surface area contributed by atoms with Crippen LogP contribution in [-0.2, 0) is 20.4 Å². The summed E-state index contributed by atoms with van der Waals surface area (Å²) in [6.45, 7) is 3.94. The second kappa shape index (κ2) is 10.6. The molecule has 6 nitrogen and oxygen atoms in total. The summed E-state index contributed by atoms with van der Waals surface area (Å²) in [5.41, 5.74) is 1.19. The molecule has 28 heavy (non-hydrogen) atoms. The molecular formula is C21H32N2O4S. The number of carbonyl (C=O) groups is 2. The zero-order valence-electron chi connectivity index (χ0n) is 16.9. The van der Waals surface area contributed by atoms with Gasteiger partial charge in [0.15, 0.2) is 9.84 Å². The van der Waals surface area contributed by atoms with Gasteiger partial charge in [0.25, 0.3) is 5.91 Å². The van der Waals surface area contributed by atoms with Gasteiger partial charge in [0.05, 0.1) is 11.7 Å². The number of hydrogen-bond acceptors (Lipinski definition) is 4. The van der Waals surface area contributed by atoms with Gasteiger partial charge in [-0.25, -0.2) is 8.42 Å². The van der Waals surface area contributed by atoms with Gasteiger partial charge in [-0.15, -0.1) is 0 Å². The maximum Gasteiger partial charge on any atom is 0.253 e. The molecule has 1 unspecified atom stereocenters. The van der Waals surface area contributed by atoms with E-state index in [0.29, 0.717) is 30.8 Å². The van der Waals surface area contributed by atoms with E-state index in [2.05, 4.69) is 12.2 Å². The van der Waals surface area contributed by atoms with Crippen molar-refractivity contribution in [2.45, 2.75) is 51.2 Å². The third-order valence-corrected chi connectivity index (χ3v) is 5.90. The summed E-state index contributed by atoms with van der Waals surface area (Å²) in [4.78, 5) is 26.9. The molecular weight excluding hydrogens is 376 g/mol. The molecule has 1 N–H and O–H groups in total. The predicted octanol–water partition coefficient (Wildman–Crippen LogP) is 2.78. The van der Waals surface area contributed by atoms with Crippen LogP contribution in [-0.4, -0.2) is 51.0 Å². The fourth-order valence-corrected chi connectivity index (χ4v) is 4.31. The standard InChI is InChI=1S/C21H32N2O4S/c1-3-4-5-6-13-22-20(24)19-8-7-14-23(15-19)21(25)18-11-9-17(10-12-18)16-28(2,26)27/h9-12,19H,3-8,13-16H2,1-2H3,(H,22,24). The van der Waals surface area contributed by atoms with Crippen molar-refractivity contribution < 1.29 is 18.0 Å². The van der Waals surface area contributed by atoms with E-state index in [1.165, 1.54) is 19.1 Å². The zero-order valence-corrected chi connectivity index (χ0v) is 17.8. The van der Waals surface area contributed by atoms with Gasteiger partial charge in [-0.05, 0) is 37.0 Å². The fourth-order valence-electron chi connectivity index (χ4n) is 3.51. The van der Waals surface area contributed by atoms with Gasteiger partial charge in [-0.3, -0.25) is 9.59 Å². The first kappa shape index (κ1) is 22.4. The van der Waals surface area contributed by atoms with Gasteiger partial charge in [0, 0.05) is 31.5 Å². The lowest BCUT2D eigenvalue weighted by atomic mass is 9.96. The average Bonchev–Trinajstić information content (AvgIpc) is 2.66. The first-order valence-electron chi connectivity index (χ1n) is 10.1. The fraction of sp³-hybridized carbons (Fsp3) is 0.619. The normalized spacial score (nSPS) is 17.4. The lowest BCUT2D eigenvalue weighted by Gasteiger charge is -2.32. The van der Waals surface area contributed by atoms with E-state index in [9.17, 15) is 18.0 Å². The van der Waals surface area contributed by atoms with Crippen molar-refractivity contribution in [3.8, 4) is 0 Å². The Balaban J connectivity index is 1.88. The highest BCUT2D eigenvalue weighted by Crippen LogP contribution is 2.19. The molecule has 0 aromatic heterocycles. The number of nitrogens with one attached hydrogen (secondary N) is 1. The Morgan fingerprint density at radius 1 is 1.14 bits per heavy atom. The average molecular weight is 409 g/mol. The van der Waals surface area contributed by atoms with Crippen LogP contribution in [0.2, 0.25) is 0 Å². The third kappa shape index (κ3) is 7.26. The van der Waals surface area contributed by atoms with Crippen LogP contribution in [0.4, 0.5) is 0 Å². The van der Waals surface area contributed by atoms with Crippen LogP contribution in [0.25, 0.3) is 0 Å². The first-order chi connectivity index (χ1) is 13.3. The van der Waals surface area contributed by atoms with Crippen molar-refractivity contribution in [1.82, 2.24) is 10.2 Å². The van der Waals surface area contributed by atoms with Crippen molar-refractivity contribution in [2.24, 2.45) is 5.92 Å². The van der Waals surface area contributed by atoms with Gasteiger partial charge in [0.2, 0.25) is 5.91 Å². The van der Waals surface area contributed by atoms with Gasteiger partial charge < -0.3 is 10.2 Å². The monoisotopic (exact) mass is 408 g/mol. The molecule has 0 bridgehead atoms. The molecule has 0 aliphatic carbocycles. The Bertz CT molecular complexity index is 759. The molecule has 2 rings (SSSR count). The summed E-state index contributed by atoms with van der Waals surface area (Å²) in [5, 5.41) is 3.01. The van der Waals surface area contributed by atoms with Crippen LogP contribution in [0.5, 0.6) is 0 Å². The van der Waals surface area contributed by atoms with Crippen molar-refractivity contribution in [1.29, 1.82) is 0 Å². The van der Waals surface area contributed by atoms with Crippen LogP contribution in [0, 0.1) is 5.92 Å². The molecule has 1 aromatic carbocycles. The molecule has 7 heteroatoms. The number of amides is 2. The predicted molar refractivity (Wildman–Crippen MR) is 111 cm³/mol. The van der Waals surface area contributed by atoms with Crippen LogP contribution < -0.4 is 5.32 Å². The molecule has 0 spiro atoms. The molecule has 1 heterocycles.